The van der Waals surface area contributed by atoms with Gasteiger partial charge in [0.25, 0.3) is 0 Å². The minimum atomic E-state index is -0.969. The van der Waals surface area contributed by atoms with Crippen LogP contribution in [-0.4, -0.2) is 41.6 Å². The summed E-state index contributed by atoms with van der Waals surface area (Å²) in [6.07, 6.45) is 7.02. The Kier molecular flexibility index (Phi) is 6.90. The molecule has 0 aliphatic heterocycles. The fourth-order valence-electron chi connectivity index (χ4n) is 3.04. The average molecular weight is 326 g/mol. The van der Waals surface area contributed by atoms with Crippen molar-refractivity contribution in [3.05, 3.63) is 0 Å². The van der Waals surface area contributed by atoms with Crippen LogP contribution < -0.4 is 5.32 Å². The summed E-state index contributed by atoms with van der Waals surface area (Å²) in [6, 6.07) is 0. The molecule has 0 bridgehead atoms. The summed E-state index contributed by atoms with van der Waals surface area (Å²) in [5.74, 6) is 0.653. The fraction of sp³-hybridized carbons (Fsp3) is 0.889. The number of likely N-dealkylation sites (N-methyl/N-ethyl adjacent to an activating group) is 1. The monoisotopic (exact) mass is 326 g/mol. The highest BCUT2D eigenvalue weighted by Gasteiger charge is 2.33. The van der Waals surface area contributed by atoms with Crippen LogP contribution in [-0.2, 0) is 9.53 Å². The van der Waals surface area contributed by atoms with Crippen molar-refractivity contribution in [2.24, 2.45) is 5.92 Å². The van der Waals surface area contributed by atoms with Gasteiger partial charge in [0.05, 0.1) is 0 Å². The van der Waals surface area contributed by atoms with E-state index in [1.54, 1.807) is 39.5 Å². The number of carbonyl (C=O) groups is 2. The summed E-state index contributed by atoms with van der Waals surface area (Å²) in [5, 5.41) is 2.68. The normalized spacial score (nSPS) is 16.8. The maximum Gasteiger partial charge on any atom is 0.408 e. The maximum atomic E-state index is 12.6. The molecule has 134 valence electrons. The SMILES string of the molecule is CN(CCC1CCCCC1)C(=O)C(C)(C)NC(=O)OC(C)(C)C. The molecular weight excluding hydrogens is 292 g/mol. The van der Waals surface area contributed by atoms with Gasteiger partial charge >= 0.3 is 6.09 Å². The lowest BCUT2D eigenvalue weighted by atomic mass is 9.87. The summed E-state index contributed by atoms with van der Waals surface area (Å²) in [5.41, 5.74) is -1.54. The van der Waals surface area contributed by atoms with Crippen LogP contribution in [0.1, 0.15) is 73.1 Å². The second-order valence-corrected chi connectivity index (χ2v) is 8.27. The van der Waals surface area contributed by atoms with Crippen molar-refractivity contribution in [3.63, 3.8) is 0 Å². The summed E-state index contributed by atoms with van der Waals surface area (Å²) < 4.78 is 5.24. The molecule has 0 spiro atoms. The van der Waals surface area contributed by atoms with E-state index in [1.807, 2.05) is 7.05 Å². The zero-order valence-electron chi connectivity index (χ0n) is 15.7. The molecule has 1 N–H and O–H groups in total. The molecule has 0 radical (unpaired) electrons. The van der Waals surface area contributed by atoms with E-state index in [0.29, 0.717) is 0 Å². The molecule has 1 aliphatic carbocycles. The Morgan fingerprint density at radius 1 is 1.09 bits per heavy atom. The number of nitrogens with zero attached hydrogens (tertiary/aromatic N) is 1. The molecule has 23 heavy (non-hydrogen) atoms. The Bertz CT molecular complexity index is 407. The Labute approximate surface area is 141 Å². The lowest BCUT2D eigenvalue weighted by Crippen LogP contribution is -2.56. The molecule has 0 aromatic carbocycles. The van der Waals surface area contributed by atoms with Gasteiger partial charge < -0.3 is 15.0 Å². The van der Waals surface area contributed by atoms with Gasteiger partial charge in [-0.1, -0.05) is 32.1 Å². The Morgan fingerprint density at radius 2 is 1.65 bits per heavy atom. The largest absolute Gasteiger partial charge is 0.444 e. The molecule has 0 aromatic heterocycles. The molecule has 0 aromatic rings. The van der Waals surface area contributed by atoms with Crippen molar-refractivity contribution in [2.75, 3.05) is 13.6 Å². The lowest BCUT2D eigenvalue weighted by Gasteiger charge is -2.32. The van der Waals surface area contributed by atoms with Crippen LogP contribution >= 0.6 is 0 Å². The molecule has 1 fully saturated rings. The number of ether oxygens (including phenoxy) is 1. The highest BCUT2D eigenvalue weighted by molar-refractivity contribution is 5.89. The predicted molar refractivity (Wildman–Crippen MR) is 92.3 cm³/mol. The van der Waals surface area contributed by atoms with E-state index in [-0.39, 0.29) is 5.91 Å². The van der Waals surface area contributed by atoms with E-state index in [2.05, 4.69) is 5.32 Å². The molecule has 1 rings (SSSR count). The minimum absolute atomic E-state index is 0.0841. The maximum absolute atomic E-state index is 12.6. The Balaban J connectivity index is 2.47. The zero-order chi connectivity index (χ0) is 17.7. The summed E-state index contributed by atoms with van der Waals surface area (Å²) in [4.78, 5) is 26.2. The van der Waals surface area contributed by atoms with E-state index >= 15 is 0 Å². The van der Waals surface area contributed by atoms with Crippen LogP contribution in [0.25, 0.3) is 0 Å². The molecule has 1 saturated carbocycles. The number of hydrogen-bond donors (Lipinski definition) is 1. The van der Waals surface area contributed by atoms with Gasteiger partial charge in [0.1, 0.15) is 11.1 Å². The summed E-state index contributed by atoms with van der Waals surface area (Å²) >= 11 is 0. The number of nitrogens with one attached hydrogen (secondary N) is 1. The fourth-order valence-corrected chi connectivity index (χ4v) is 3.04. The Morgan fingerprint density at radius 3 is 2.17 bits per heavy atom. The van der Waals surface area contributed by atoms with E-state index in [9.17, 15) is 9.59 Å². The lowest BCUT2D eigenvalue weighted by molar-refractivity contribution is -0.135. The molecule has 0 heterocycles. The highest BCUT2D eigenvalue weighted by Crippen LogP contribution is 2.26. The van der Waals surface area contributed by atoms with E-state index in [4.69, 9.17) is 4.74 Å². The second-order valence-electron chi connectivity index (χ2n) is 8.27. The quantitative estimate of drug-likeness (QED) is 0.837. The van der Waals surface area contributed by atoms with Crippen LogP contribution in [0.5, 0.6) is 0 Å². The van der Waals surface area contributed by atoms with E-state index in [1.165, 1.54) is 32.1 Å². The molecule has 0 atom stereocenters. The van der Waals surface area contributed by atoms with E-state index < -0.39 is 17.2 Å². The van der Waals surface area contributed by atoms with Crippen LogP contribution in [0, 0.1) is 5.92 Å². The van der Waals surface area contributed by atoms with E-state index in [0.717, 1.165) is 18.9 Å². The summed E-state index contributed by atoms with van der Waals surface area (Å²) in [7, 11) is 1.81. The third-order valence-corrected chi connectivity index (χ3v) is 4.29. The van der Waals surface area contributed by atoms with Crippen LogP contribution in [0.4, 0.5) is 4.79 Å². The Hall–Kier alpha value is -1.26. The van der Waals surface area contributed by atoms with Crippen molar-refractivity contribution in [3.8, 4) is 0 Å². The average Bonchev–Trinajstić information content (AvgIpc) is 2.42. The smallest absolute Gasteiger partial charge is 0.408 e. The third-order valence-electron chi connectivity index (χ3n) is 4.29. The number of amides is 2. The molecular formula is C18H34N2O3. The number of hydrogen-bond acceptors (Lipinski definition) is 3. The van der Waals surface area contributed by atoms with Gasteiger partial charge in [-0.25, -0.2) is 4.79 Å². The van der Waals surface area contributed by atoms with Gasteiger partial charge in [-0.15, -0.1) is 0 Å². The molecule has 5 heteroatoms. The first-order valence-electron chi connectivity index (χ1n) is 8.78. The van der Waals surface area contributed by atoms with Crippen LogP contribution in [0.2, 0.25) is 0 Å². The predicted octanol–water partition coefficient (Wildman–Crippen LogP) is 3.72. The van der Waals surface area contributed by atoms with Gasteiger partial charge in [-0.2, -0.15) is 0 Å². The van der Waals surface area contributed by atoms with Gasteiger partial charge in [-0.3, -0.25) is 4.79 Å². The second kappa shape index (κ2) is 8.02. The summed E-state index contributed by atoms with van der Waals surface area (Å²) in [6.45, 7) is 9.59. The first-order chi connectivity index (χ1) is 10.5. The number of alkyl carbamates (subject to hydrolysis) is 1. The first-order valence-corrected chi connectivity index (χ1v) is 8.78. The van der Waals surface area contributed by atoms with Gasteiger partial charge in [-0.05, 0) is 47.0 Å². The molecule has 0 saturated heterocycles. The van der Waals surface area contributed by atoms with Crippen molar-refractivity contribution in [1.82, 2.24) is 10.2 Å². The molecule has 1 aliphatic rings. The molecule has 5 nitrogen and oxygen atoms in total. The highest BCUT2D eigenvalue weighted by atomic mass is 16.6. The van der Waals surface area contributed by atoms with Crippen molar-refractivity contribution in [2.45, 2.75) is 84.3 Å². The molecule has 0 unspecified atom stereocenters. The standard InChI is InChI=1S/C18H34N2O3/c1-17(2,3)23-16(22)19-18(4,5)15(21)20(6)13-12-14-10-8-7-9-11-14/h14H,7-13H2,1-6H3,(H,19,22). The van der Waals surface area contributed by atoms with Gasteiger partial charge in [0, 0.05) is 13.6 Å². The van der Waals surface area contributed by atoms with Crippen molar-refractivity contribution in [1.29, 1.82) is 0 Å². The van der Waals surface area contributed by atoms with Crippen molar-refractivity contribution < 1.29 is 14.3 Å². The number of carbonyl (C=O) groups excluding carboxylic acids is 2. The van der Waals surface area contributed by atoms with Crippen LogP contribution in [0.15, 0.2) is 0 Å². The van der Waals surface area contributed by atoms with Crippen molar-refractivity contribution >= 4 is 12.0 Å². The zero-order valence-corrected chi connectivity index (χ0v) is 15.7. The van der Waals surface area contributed by atoms with Crippen LogP contribution in [0.3, 0.4) is 0 Å². The third kappa shape index (κ3) is 7.23. The van der Waals surface area contributed by atoms with Gasteiger partial charge in [0.2, 0.25) is 5.91 Å². The van der Waals surface area contributed by atoms with Gasteiger partial charge in [0.15, 0.2) is 0 Å². The first kappa shape index (κ1) is 19.8. The topological polar surface area (TPSA) is 58.6 Å². The number of rotatable bonds is 5. The minimum Gasteiger partial charge on any atom is -0.444 e. The molecule has 2 amide bonds.